The van der Waals surface area contributed by atoms with Crippen LogP contribution in [0.1, 0.15) is 11.6 Å². The van der Waals surface area contributed by atoms with E-state index in [-0.39, 0.29) is 25.1 Å². The number of nitrogens with one attached hydrogen (secondary N) is 1. The van der Waals surface area contributed by atoms with E-state index in [0.717, 1.165) is 5.56 Å². The first-order valence-corrected chi connectivity index (χ1v) is 5.43. The molecule has 2 rings (SSSR count). The minimum Gasteiger partial charge on any atom is -0.493 e. The summed E-state index contributed by atoms with van der Waals surface area (Å²) in [5, 5.41) is 2.70. The third kappa shape index (κ3) is 2.78. The van der Waals surface area contributed by atoms with Crippen molar-refractivity contribution >= 4 is 18.5 Å². The van der Waals surface area contributed by atoms with Crippen LogP contribution >= 0.6 is 12.4 Å². The normalized spacial score (nSPS) is 17.0. The molecule has 1 aromatic rings. The highest BCUT2D eigenvalue weighted by atomic mass is 35.5. The van der Waals surface area contributed by atoms with Crippen molar-refractivity contribution in [2.45, 2.75) is 6.04 Å². The average Bonchev–Trinajstić information content (AvgIpc) is 2.83. The fraction of sp³-hybridized carbons (Fsp3) is 0.417. The number of rotatable bonds is 4. The van der Waals surface area contributed by atoms with Gasteiger partial charge in [0.1, 0.15) is 6.61 Å². The highest BCUT2D eigenvalue weighted by Crippen LogP contribution is 2.42. The van der Waals surface area contributed by atoms with Crippen LogP contribution < -0.4 is 19.5 Å². The number of hydrogen-bond donors (Lipinski definition) is 1. The fourth-order valence-electron chi connectivity index (χ4n) is 1.95. The van der Waals surface area contributed by atoms with E-state index in [1.54, 1.807) is 20.3 Å². The van der Waals surface area contributed by atoms with Crippen LogP contribution in [0.4, 0.5) is 4.79 Å². The summed E-state index contributed by atoms with van der Waals surface area (Å²) in [6.07, 6.45) is -0.433. The van der Waals surface area contributed by atoms with Crippen LogP contribution in [0, 0.1) is 0 Å². The molecule has 1 atom stereocenters. The lowest BCUT2D eigenvalue weighted by molar-refractivity contribution is 0.176. The molecule has 0 aromatic heterocycles. The van der Waals surface area contributed by atoms with Crippen LogP contribution in [0.3, 0.4) is 0 Å². The van der Waals surface area contributed by atoms with E-state index in [9.17, 15) is 4.79 Å². The van der Waals surface area contributed by atoms with Gasteiger partial charge in [-0.25, -0.2) is 4.79 Å². The molecule has 1 aliphatic heterocycles. The maximum atomic E-state index is 11.1. The lowest BCUT2D eigenvalue weighted by atomic mass is 10.1. The van der Waals surface area contributed by atoms with Gasteiger partial charge in [0.05, 0.1) is 27.4 Å². The van der Waals surface area contributed by atoms with Gasteiger partial charge in [-0.15, -0.1) is 12.4 Å². The zero-order chi connectivity index (χ0) is 13.1. The van der Waals surface area contributed by atoms with Gasteiger partial charge < -0.3 is 24.3 Å². The molecule has 1 heterocycles. The molecule has 1 N–H and O–H groups in total. The summed E-state index contributed by atoms with van der Waals surface area (Å²) >= 11 is 0. The average molecular weight is 290 g/mol. The van der Waals surface area contributed by atoms with Crippen LogP contribution in [-0.2, 0) is 4.74 Å². The predicted molar refractivity (Wildman–Crippen MR) is 70.6 cm³/mol. The van der Waals surface area contributed by atoms with Gasteiger partial charge in [0.15, 0.2) is 11.5 Å². The number of cyclic esters (lactones) is 1. The molecule has 1 amide bonds. The van der Waals surface area contributed by atoms with Gasteiger partial charge in [-0.1, -0.05) is 0 Å². The van der Waals surface area contributed by atoms with Gasteiger partial charge in [0, 0.05) is 5.56 Å². The molecule has 106 valence electrons. The zero-order valence-electron chi connectivity index (χ0n) is 10.9. The number of benzene rings is 1. The van der Waals surface area contributed by atoms with Crippen molar-refractivity contribution in [1.82, 2.24) is 5.32 Å². The Balaban J connectivity index is 0.00000180. The molecule has 1 fully saturated rings. The maximum absolute atomic E-state index is 11.1. The second-order valence-corrected chi connectivity index (χ2v) is 3.72. The van der Waals surface area contributed by atoms with Crippen molar-refractivity contribution in [2.24, 2.45) is 0 Å². The summed E-state index contributed by atoms with van der Waals surface area (Å²) in [6, 6.07) is 3.34. The number of alkyl carbamates (subject to hydrolysis) is 1. The minimum absolute atomic E-state index is 0. The molecule has 0 saturated carbocycles. The highest BCUT2D eigenvalue weighted by Gasteiger charge is 2.29. The number of amides is 1. The Labute approximate surface area is 117 Å². The molecule has 0 spiro atoms. The van der Waals surface area contributed by atoms with Crippen molar-refractivity contribution in [1.29, 1.82) is 0 Å². The Morgan fingerprint density at radius 2 is 1.84 bits per heavy atom. The molecule has 1 aromatic carbocycles. The van der Waals surface area contributed by atoms with Gasteiger partial charge in [-0.2, -0.15) is 0 Å². The van der Waals surface area contributed by atoms with Crippen LogP contribution in [0.2, 0.25) is 0 Å². The Morgan fingerprint density at radius 3 is 2.32 bits per heavy atom. The molecular weight excluding hydrogens is 274 g/mol. The second-order valence-electron chi connectivity index (χ2n) is 3.72. The van der Waals surface area contributed by atoms with Crippen molar-refractivity contribution < 1.29 is 23.7 Å². The van der Waals surface area contributed by atoms with Crippen molar-refractivity contribution in [3.05, 3.63) is 17.7 Å². The first-order valence-electron chi connectivity index (χ1n) is 5.43. The number of hydrogen-bond acceptors (Lipinski definition) is 5. The molecule has 0 bridgehead atoms. The first-order chi connectivity index (χ1) is 8.71. The van der Waals surface area contributed by atoms with Crippen molar-refractivity contribution in [3.63, 3.8) is 0 Å². The number of carbonyl (C=O) groups excluding carboxylic acids is 1. The molecule has 1 aliphatic rings. The molecule has 0 unspecified atom stereocenters. The molecule has 19 heavy (non-hydrogen) atoms. The SMILES string of the molecule is COc1ccc([C@@H]2COC(=O)N2)c(OC)c1OC.Cl. The number of carbonyl (C=O) groups is 1. The lowest BCUT2D eigenvalue weighted by Crippen LogP contribution is -2.19. The molecule has 1 saturated heterocycles. The Bertz CT molecular complexity index is 466. The maximum Gasteiger partial charge on any atom is 0.407 e. The van der Waals surface area contributed by atoms with Gasteiger partial charge >= 0.3 is 6.09 Å². The third-order valence-electron chi connectivity index (χ3n) is 2.78. The molecule has 7 heteroatoms. The summed E-state index contributed by atoms with van der Waals surface area (Å²) in [4.78, 5) is 11.1. The van der Waals surface area contributed by atoms with Crippen LogP contribution in [0.15, 0.2) is 12.1 Å². The quantitative estimate of drug-likeness (QED) is 0.917. The van der Waals surface area contributed by atoms with Gasteiger partial charge in [0.25, 0.3) is 0 Å². The third-order valence-corrected chi connectivity index (χ3v) is 2.78. The van der Waals surface area contributed by atoms with E-state index in [4.69, 9.17) is 18.9 Å². The van der Waals surface area contributed by atoms with Crippen LogP contribution in [-0.4, -0.2) is 34.0 Å². The second kappa shape index (κ2) is 6.38. The van der Waals surface area contributed by atoms with E-state index >= 15 is 0 Å². The smallest absolute Gasteiger partial charge is 0.407 e. The summed E-state index contributed by atoms with van der Waals surface area (Å²) in [7, 11) is 4.63. The Hall–Kier alpha value is -1.82. The van der Waals surface area contributed by atoms with E-state index < -0.39 is 6.09 Å². The summed E-state index contributed by atoms with van der Waals surface area (Å²) in [5.41, 5.74) is 0.793. The Kier molecular flexibility index (Phi) is 5.11. The monoisotopic (exact) mass is 289 g/mol. The standard InChI is InChI=1S/C12H15NO5.ClH/c1-15-9-5-4-7(8-6-18-12(14)13-8)10(16-2)11(9)17-3;/h4-5,8H,6H2,1-3H3,(H,13,14);1H/t8-;/m0./s1. The fourth-order valence-corrected chi connectivity index (χ4v) is 1.95. The number of methoxy groups -OCH3 is 3. The Morgan fingerprint density at radius 1 is 1.16 bits per heavy atom. The van der Waals surface area contributed by atoms with E-state index in [0.29, 0.717) is 17.2 Å². The lowest BCUT2D eigenvalue weighted by Gasteiger charge is -2.18. The van der Waals surface area contributed by atoms with Gasteiger partial charge in [-0.05, 0) is 12.1 Å². The summed E-state index contributed by atoms with van der Waals surface area (Å²) < 4.78 is 20.7. The first kappa shape index (κ1) is 15.2. The highest BCUT2D eigenvalue weighted by molar-refractivity contribution is 5.85. The topological polar surface area (TPSA) is 66.0 Å². The van der Waals surface area contributed by atoms with Crippen LogP contribution in [0.5, 0.6) is 17.2 Å². The molecule has 0 aliphatic carbocycles. The molecule has 0 radical (unpaired) electrons. The largest absolute Gasteiger partial charge is 0.493 e. The molecular formula is C12H16ClNO5. The van der Waals surface area contributed by atoms with Gasteiger partial charge in [0.2, 0.25) is 5.75 Å². The summed E-state index contributed by atoms with van der Waals surface area (Å²) in [6.45, 7) is 0.269. The van der Waals surface area contributed by atoms with Gasteiger partial charge in [-0.3, -0.25) is 0 Å². The number of ether oxygens (including phenoxy) is 4. The summed E-state index contributed by atoms with van der Waals surface area (Å²) in [5.74, 6) is 1.61. The zero-order valence-corrected chi connectivity index (χ0v) is 11.7. The van der Waals surface area contributed by atoms with Crippen LogP contribution in [0.25, 0.3) is 0 Å². The predicted octanol–water partition coefficient (Wildman–Crippen LogP) is 1.92. The van der Waals surface area contributed by atoms with Crippen molar-refractivity contribution in [3.8, 4) is 17.2 Å². The van der Waals surface area contributed by atoms with Crippen molar-refractivity contribution in [2.75, 3.05) is 27.9 Å². The minimum atomic E-state index is -0.433. The van der Waals surface area contributed by atoms with E-state index in [1.165, 1.54) is 7.11 Å². The van der Waals surface area contributed by atoms with E-state index in [1.807, 2.05) is 6.07 Å². The molecule has 6 nitrogen and oxygen atoms in total. The number of halogens is 1. The van der Waals surface area contributed by atoms with E-state index in [2.05, 4.69) is 5.32 Å².